The van der Waals surface area contributed by atoms with E-state index in [4.69, 9.17) is 23.2 Å². The van der Waals surface area contributed by atoms with E-state index in [1.807, 2.05) is 6.07 Å². The van der Waals surface area contributed by atoms with Crippen LogP contribution in [0.5, 0.6) is 0 Å². The van der Waals surface area contributed by atoms with Gasteiger partial charge in [0.05, 0.1) is 14.7 Å². The molecule has 19 heavy (non-hydrogen) atoms. The van der Waals surface area contributed by atoms with E-state index in [0.717, 1.165) is 3.79 Å². The van der Waals surface area contributed by atoms with Gasteiger partial charge in [-0.3, -0.25) is 4.79 Å². The highest BCUT2D eigenvalue weighted by molar-refractivity contribution is 9.11. The summed E-state index contributed by atoms with van der Waals surface area (Å²) in [5.41, 5.74) is 0.475. The van der Waals surface area contributed by atoms with Crippen molar-refractivity contribution in [3.63, 3.8) is 0 Å². The number of halogens is 3. The van der Waals surface area contributed by atoms with E-state index in [9.17, 15) is 10.1 Å². The number of hydrogen-bond acceptors (Lipinski definition) is 3. The monoisotopic (exact) mass is 373 g/mol. The molecule has 0 aliphatic rings. The van der Waals surface area contributed by atoms with Crippen molar-refractivity contribution in [3.05, 3.63) is 54.6 Å². The van der Waals surface area contributed by atoms with E-state index in [1.54, 1.807) is 24.3 Å². The van der Waals surface area contributed by atoms with Crippen molar-refractivity contribution in [2.24, 2.45) is 0 Å². The number of rotatable bonds is 3. The van der Waals surface area contributed by atoms with Crippen molar-refractivity contribution >= 4 is 56.3 Å². The van der Waals surface area contributed by atoms with Crippen LogP contribution in [-0.4, -0.2) is 5.78 Å². The molecule has 0 saturated carbocycles. The lowest BCUT2D eigenvalue weighted by atomic mass is 9.95. The zero-order chi connectivity index (χ0) is 14.0. The molecule has 0 radical (unpaired) electrons. The third-order valence-electron chi connectivity index (χ3n) is 2.48. The summed E-state index contributed by atoms with van der Waals surface area (Å²) >= 11 is 16.4. The molecule has 1 aromatic carbocycles. The van der Waals surface area contributed by atoms with Crippen LogP contribution < -0.4 is 0 Å². The fourth-order valence-corrected chi connectivity index (χ4v) is 3.47. The Kier molecular flexibility index (Phi) is 4.64. The SMILES string of the molecule is N#CC(C(=O)c1ccc(Br)s1)c1ccc(Cl)cc1Cl. The van der Waals surface area contributed by atoms with Crippen LogP contribution >= 0.6 is 50.5 Å². The molecule has 0 spiro atoms. The summed E-state index contributed by atoms with van der Waals surface area (Å²) < 4.78 is 0.842. The Morgan fingerprint density at radius 1 is 1.32 bits per heavy atom. The standard InChI is InChI=1S/C13H6BrCl2NOS/c14-12-4-3-11(19-12)13(18)9(6-17)8-2-1-7(15)5-10(8)16/h1-5,9H. The summed E-state index contributed by atoms with van der Waals surface area (Å²) in [5.74, 6) is -1.18. The molecule has 1 atom stereocenters. The van der Waals surface area contributed by atoms with Gasteiger partial charge in [0.2, 0.25) is 0 Å². The van der Waals surface area contributed by atoms with Crippen molar-refractivity contribution in [1.29, 1.82) is 5.26 Å². The van der Waals surface area contributed by atoms with Gasteiger partial charge < -0.3 is 0 Å². The van der Waals surface area contributed by atoms with Gasteiger partial charge in [-0.25, -0.2) is 0 Å². The van der Waals surface area contributed by atoms with Gasteiger partial charge in [-0.15, -0.1) is 11.3 Å². The number of ketones is 1. The van der Waals surface area contributed by atoms with Gasteiger partial charge >= 0.3 is 0 Å². The van der Waals surface area contributed by atoms with Crippen molar-refractivity contribution in [2.75, 3.05) is 0 Å². The molecule has 0 fully saturated rings. The molecule has 0 aliphatic carbocycles. The quantitative estimate of drug-likeness (QED) is 0.683. The Balaban J connectivity index is 2.40. The fourth-order valence-electron chi connectivity index (χ4n) is 1.59. The van der Waals surface area contributed by atoms with Gasteiger partial charge in [-0.2, -0.15) is 5.26 Å². The van der Waals surface area contributed by atoms with Crippen LogP contribution in [0, 0.1) is 11.3 Å². The number of nitrogens with zero attached hydrogens (tertiary/aromatic N) is 1. The minimum atomic E-state index is -0.921. The van der Waals surface area contributed by atoms with Crippen molar-refractivity contribution < 1.29 is 4.79 Å². The smallest absolute Gasteiger partial charge is 0.194 e. The van der Waals surface area contributed by atoms with Gasteiger partial charge in [0.15, 0.2) is 5.78 Å². The molecule has 0 bridgehead atoms. The van der Waals surface area contributed by atoms with E-state index >= 15 is 0 Å². The minimum absolute atomic E-state index is 0.262. The third kappa shape index (κ3) is 3.18. The maximum Gasteiger partial charge on any atom is 0.194 e. The normalized spacial score (nSPS) is 11.9. The molecule has 0 saturated heterocycles. The van der Waals surface area contributed by atoms with Gasteiger partial charge in [0, 0.05) is 10.0 Å². The lowest BCUT2D eigenvalue weighted by Gasteiger charge is -2.09. The minimum Gasteiger partial charge on any atom is -0.291 e. The number of benzene rings is 1. The molecule has 1 unspecified atom stereocenters. The number of thiophene rings is 1. The van der Waals surface area contributed by atoms with E-state index in [1.165, 1.54) is 17.4 Å². The Labute approximate surface area is 132 Å². The molecule has 0 amide bonds. The Hall–Kier alpha value is -0.860. The third-order valence-corrected chi connectivity index (χ3v) is 4.68. The number of nitriles is 1. The Morgan fingerprint density at radius 2 is 2.05 bits per heavy atom. The first-order valence-corrected chi connectivity index (χ1v) is 7.53. The van der Waals surface area contributed by atoms with Crippen molar-refractivity contribution in [2.45, 2.75) is 5.92 Å². The molecule has 0 N–H and O–H groups in total. The summed E-state index contributed by atoms with van der Waals surface area (Å²) in [5, 5.41) is 10.0. The first kappa shape index (κ1) is 14.5. The second-order valence-corrected chi connectivity index (χ2v) is 7.00. The van der Waals surface area contributed by atoms with Crippen LogP contribution in [0.3, 0.4) is 0 Å². The summed E-state index contributed by atoms with van der Waals surface area (Å²) in [7, 11) is 0. The molecular formula is C13H6BrCl2NOS. The van der Waals surface area contributed by atoms with Crippen LogP contribution in [-0.2, 0) is 0 Å². The van der Waals surface area contributed by atoms with Gasteiger partial charge in [0.1, 0.15) is 5.92 Å². The predicted octanol–water partition coefficient (Wildman–Crippen LogP) is 5.31. The Bertz CT molecular complexity index is 678. The zero-order valence-electron chi connectivity index (χ0n) is 9.36. The average molecular weight is 375 g/mol. The van der Waals surface area contributed by atoms with E-state index < -0.39 is 5.92 Å². The molecular weight excluding hydrogens is 369 g/mol. The molecule has 0 aliphatic heterocycles. The van der Waals surface area contributed by atoms with Crippen LogP contribution in [0.1, 0.15) is 21.2 Å². The van der Waals surface area contributed by atoms with E-state index in [0.29, 0.717) is 20.5 Å². The number of Topliss-reactive ketones (excluding diaryl/α,β-unsaturated/α-hetero) is 1. The van der Waals surface area contributed by atoms with Crippen LogP contribution in [0.2, 0.25) is 10.0 Å². The molecule has 2 rings (SSSR count). The fraction of sp³-hybridized carbons (Fsp3) is 0.0769. The molecule has 2 aromatic rings. The average Bonchev–Trinajstić information content (AvgIpc) is 2.79. The van der Waals surface area contributed by atoms with Crippen molar-refractivity contribution in [3.8, 4) is 6.07 Å². The van der Waals surface area contributed by atoms with Gasteiger partial charge in [0.25, 0.3) is 0 Å². The van der Waals surface area contributed by atoms with Crippen LogP contribution in [0.15, 0.2) is 34.1 Å². The second-order valence-electron chi connectivity index (χ2n) is 3.70. The summed E-state index contributed by atoms with van der Waals surface area (Å²) in [6, 6.07) is 10.2. The lowest BCUT2D eigenvalue weighted by molar-refractivity contribution is 0.0983. The first-order valence-electron chi connectivity index (χ1n) is 5.17. The zero-order valence-corrected chi connectivity index (χ0v) is 13.3. The number of carbonyl (C=O) groups excluding carboxylic acids is 1. The first-order chi connectivity index (χ1) is 9.02. The molecule has 1 heterocycles. The Morgan fingerprint density at radius 3 is 2.58 bits per heavy atom. The molecule has 1 aromatic heterocycles. The van der Waals surface area contributed by atoms with Crippen LogP contribution in [0.4, 0.5) is 0 Å². The van der Waals surface area contributed by atoms with Crippen molar-refractivity contribution in [1.82, 2.24) is 0 Å². The summed E-state index contributed by atoms with van der Waals surface area (Å²) in [6.07, 6.45) is 0. The number of hydrogen-bond donors (Lipinski definition) is 0. The summed E-state index contributed by atoms with van der Waals surface area (Å²) in [6.45, 7) is 0. The second kappa shape index (κ2) is 6.06. The van der Waals surface area contributed by atoms with Crippen LogP contribution in [0.25, 0.3) is 0 Å². The molecule has 96 valence electrons. The van der Waals surface area contributed by atoms with E-state index in [-0.39, 0.29) is 5.78 Å². The highest BCUT2D eigenvalue weighted by Crippen LogP contribution is 2.32. The lowest BCUT2D eigenvalue weighted by Crippen LogP contribution is -2.10. The van der Waals surface area contributed by atoms with Gasteiger partial charge in [-0.05, 0) is 45.8 Å². The topological polar surface area (TPSA) is 40.9 Å². The van der Waals surface area contributed by atoms with E-state index in [2.05, 4.69) is 15.9 Å². The highest BCUT2D eigenvalue weighted by atomic mass is 79.9. The molecule has 6 heteroatoms. The number of carbonyl (C=O) groups is 1. The highest BCUT2D eigenvalue weighted by Gasteiger charge is 2.25. The predicted molar refractivity (Wildman–Crippen MR) is 81.2 cm³/mol. The maximum absolute atomic E-state index is 12.3. The van der Waals surface area contributed by atoms with Gasteiger partial charge in [-0.1, -0.05) is 29.3 Å². The largest absolute Gasteiger partial charge is 0.291 e. The maximum atomic E-state index is 12.3. The summed E-state index contributed by atoms with van der Waals surface area (Å²) in [4.78, 5) is 12.8. The molecule has 2 nitrogen and oxygen atoms in total.